The highest BCUT2D eigenvalue weighted by molar-refractivity contribution is 6.05. The summed E-state index contributed by atoms with van der Waals surface area (Å²) < 4.78 is 0. The lowest BCUT2D eigenvalue weighted by molar-refractivity contribution is -0.141. The Kier molecular flexibility index (Phi) is 4.74. The van der Waals surface area contributed by atoms with Crippen molar-refractivity contribution in [3.05, 3.63) is 35.9 Å². The van der Waals surface area contributed by atoms with Crippen LogP contribution in [0.3, 0.4) is 0 Å². The lowest BCUT2D eigenvalue weighted by Crippen LogP contribution is -2.45. The Morgan fingerprint density at radius 1 is 1.40 bits per heavy atom. The second kappa shape index (κ2) is 6.52. The standard InChI is InChI=1S/C15H20N2O3/c1-15(14(19)16-9-5-6-10-18)11-13(17-20-15)12-7-3-2-4-8-12/h2-4,7-8,18H,5-6,9-11H2,1H3,(H,16,19). The van der Waals surface area contributed by atoms with Gasteiger partial charge in [0.25, 0.3) is 5.91 Å². The minimum atomic E-state index is -0.940. The third-order valence-electron chi connectivity index (χ3n) is 3.32. The fourth-order valence-electron chi connectivity index (χ4n) is 2.07. The molecule has 1 aromatic carbocycles. The first-order valence-electron chi connectivity index (χ1n) is 6.85. The van der Waals surface area contributed by atoms with Crippen LogP contribution in [0.15, 0.2) is 35.5 Å². The smallest absolute Gasteiger partial charge is 0.267 e. The van der Waals surface area contributed by atoms with Crippen molar-refractivity contribution in [1.29, 1.82) is 0 Å². The quantitative estimate of drug-likeness (QED) is 0.773. The van der Waals surface area contributed by atoms with Crippen LogP contribution in [0.5, 0.6) is 0 Å². The maximum absolute atomic E-state index is 12.1. The van der Waals surface area contributed by atoms with Gasteiger partial charge in [-0.2, -0.15) is 0 Å². The van der Waals surface area contributed by atoms with E-state index in [1.54, 1.807) is 6.92 Å². The number of hydrogen-bond donors (Lipinski definition) is 2. The van der Waals surface area contributed by atoms with Gasteiger partial charge in [0.1, 0.15) is 0 Å². The molecule has 1 aliphatic heterocycles. The summed E-state index contributed by atoms with van der Waals surface area (Å²) in [6.07, 6.45) is 1.90. The maximum atomic E-state index is 12.1. The molecule has 0 bridgehead atoms. The Bertz CT molecular complexity index is 487. The normalized spacial score (nSPS) is 21.2. The molecule has 0 fully saturated rings. The van der Waals surface area contributed by atoms with Gasteiger partial charge in [0, 0.05) is 19.6 Å². The number of nitrogens with one attached hydrogen (secondary N) is 1. The van der Waals surface area contributed by atoms with E-state index < -0.39 is 5.60 Å². The number of carbonyl (C=O) groups is 1. The van der Waals surface area contributed by atoms with Crippen molar-refractivity contribution in [1.82, 2.24) is 5.32 Å². The maximum Gasteiger partial charge on any atom is 0.267 e. The van der Waals surface area contributed by atoms with E-state index in [1.807, 2.05) is 30.3 Å². The van der Waals surface area contributed by atoms with Crippen LogP contribution in [-0.2, 0) is 9.63 Å². The second-order valence-corrected chi connectivity index (χ2v) is 5.09. The van der Waals surface area contributed by atoms with Crippen molar-refractivity contribution in [2.45, 2.75) is 31.8 Å². The van der Waals surface area contributed by atoms with Crippen LogP contribution in [0.2, 0.25) is 0 Å². The molecule has 0 aromatic heterocycles. The molecule has 20 heavy (non-hydrogen) atoms. The summed E-state index contributed by atoms with van der Waals surface area (Å²) in [4.78, 5) is 17.5. The van der Waals surface area contributed by atoms with Gasteiger partial charge in [-0.15, -0.1) is 0 Å². The topological polar surface area (TPSA) is 70.9 Å². The number of amides is 1. The summed E-state index contributed by atoms with van der Waals surface area (Å²) in [5, 5.41) is 15.6. The van der Waals surface area contributed by atoms with Gasteiger partial charge in [-0.1, -0.05) is 35.5 Å². The van der Waals surface area contributed by atoms with Crippen molar-refractivity contribution in [3.63, 3.8) is 0 Å². The molecule has 1 heterocycles. The van der Waals surface area contributed by atoms with Crippen LogP contribution in [0.1, 0.15) is 31.7 Å². The van der Waals surface area contributed by atoms with E-state index in [1.165, 1.54) is 0 Å². The number of nitrogens with zero attached hydrogens (tertiary/aromatic N) is 1. The summed E-state index contributed by atoms with van der Waals surface area (Å²) in [6.45, 7) is 2.43. The molecule has 0 saturated heterocycles. The van der Waals surface area contributed by atoms with Gasteiger partial charge in [-0.25, -0.2) is 0 Å². The molecule has 0 spiro atoms. The van der Waals surface area contributed by atoms with Crippen LogP contribution in [0.4, 0.5) is 0 Å². The van der Waals surface area contributed by atoms with Gasteiger partial charge in [0.2, 0.25) is 5.60 Å². The molecule has 1 aromatic rings. The van der Waals surface area contributed by atoms with E-state index in [4.69, 9.17) is 9.94 Å². The van der Waals surface area contributed by atoms with Crippen LogP contribution in [0, 0.1) is 0 Å². The Morgan fingerprint density at radius 3 is 2.85 bits per heavy atom. The van der Waals surface area contributed by atoms with Crippen molar-refractivity contribution < 1.29 is 14.7 Å². The number of hydrogen-bond acceptors (Lipinski definition) is 4. The molecule has 108 valence electrons. The first-order chi connectivity index (χ1) is 9.65. The number of oxime groups is 1. The lowest BCUT2D eigenvalue weighted by Gasteiger charge is -2.20. The fraction of sp³-hybridized carbons (Fsp3) is 0.467. The zero-order valence-corrected chi connectivity index (χ0v) is 11.6. The molecular weight excluding hydrogens is 256 g/mol. The number of aliphatic hydroxyl groups is 1. The van der Waals surface area contributed by atoms with Crippen molar-refractivity contribution >= 4 is 11.6 Å². The predicted molar refractivity (Wildman–Crippen MR) is 76.4 cm³/mol. The van der Waals surface area contributed by atoms with E-state index in [-0.39, 0.29) is 12.5 Å². The van der Waals surface area contributed by atoms with Gasteiger partial charge < -0.3 is 15.3 Å². The average Bonchev–Trinajstić information content (AvgIpc) is 2.88. The summed E-state index contributed by atoms with van der Waals surface area (Å²) >= 11 is 0. The van der Waals surface area contributed by atoms with E-state index >= 15 is 0 Å². The highest BCUT2D eigenvalue weighted by atomic mass is 16.7. The fourth-order valence-corrected chi connectivity index (χ4v) is 2.07. The van der Waals surface area contributed by atoms with Gasteiger partial charge in [0.15, 0.2) is 0 Å². The van der Waals surface area contributed by atoms with Crippen molar-refractivity contribution in [2.24, 2.45) is 5.16 Å². The molecule has 1 atom stereocenters. The van der Waals surface area contributed by atoms with Gasteiger partial charge in [0.05, 0.1) is 5.71 Å². The highest BCUT2D eigenvalue weighted by Crippen LogP contribution is 2.26. The van der Waals surface area contributed by atoms with Crippen LogP contribution >= 0.6 is 0 Å². The minimum Gasteiger partial charge on any atom is -0.396 e. The highest BCUT2D eigenvalue weighted by Gasteiger charge is 2.41. The number of rotatable bonds is 6. The zero-order valence-electron chi connectivity index (χ0n) is 11.6. The summed E-state index contributed by atoms with van der Waals surface area (Å²) in [7, 11) is 0. The monoisotopic (exact) mass is 276 g/mol. The summed E-state index contributed by atoms with van der Waals surface area (Å²) in [5.74, 6) is -0.162. The number of benzene rings is 1. The lowest BCUT2D eigenvalue weighted by atomic mass is 9.95. The van der Waals surface area contributed by atoms with Crippen molar-refractivity contribution in [3.8, 4) is 0 Å². The van der Waals surface area contributed by atoms with E-state index in [0.29, 0.717) is 19.4 Å². The summed E-state index contributed by atoms with van der Waals surface area (Å²) in [5.41, 5.74) is 0.826. The number of aliphatic hydroxyl groups excluding tert-OH is 1. The molecule has 2 N–H and O–H groups in total. The van der Waals surface area contributed by atoms with Crippen LogP contribution in [-0.4, -0.2) is 35.5 Å². The molecule has 2 rings (SSSR count). The Hall–Kier alpha value is -1.88. The van der Waals surface area contributed by atoms with E-state index in [2.05, 4.69) is 10.5 Å². The third-order valence-corrected chi connectivity index (χ3v) is 3.32. The average molecular weight is 276 g/mol. The molecule has 0 aliphatic carbocycles. The molecule has 0 radical (unpaired) electrons. The SMILES string of the molecule is CC1(C(=O)NCCCCO)CC(c2ccccc2)=NO1. The molecule has 0 saturated carbocycles. The molecule has 5 nitrogen and oxygen atoms in total. The first kappa shape index (κ1) is 14.5. The van der Waals surface area contributed by atoms with E-state index in [0.717, 1.165) is 17.7 Å². The Balaban J connectivity index is 1.90. The van der Waals surface area contributed by atoms with Gasteiger partial charge in [-0.3, -0.25) is 4.79 Å². The molecule has 1 unspecified atom stereocenters. The summed E-state index contributed by atoms with van der Waals surface area (Å²) in [6, 6.07) is 9.71. The molecule has 1 aliphatic rings. The minimum absolute atomic E-state index is 0.144. The Morgan fingerprint density at radius 2 is 2.15 bits per heavy atom. The van der Waals surface area contributed by atoms with Gasteiger partial charge in [-0.05, 0) is 25.3 Å². The van der Waals surface area contributed by atoms with Crippen LogP contribution in [0.25, 0.3) is 0 Å². The number of unbranched alkanes of at least 4 members (excludes halogenated alkanes) is 1. The molecular formula is C15H20N2O3. The van der Waals surface area contributed by atoms with Crippen LogP contribution < -0.4 is 5.32 Å². The number of carbonyl (C=O) groups excluding carboxylic acids is 1. The van der Waals surface area contributed by atoms with E-state index in [9.17, 15) is 4.79 Å². The molecule has 1 amide bonds. The van der Waals surface area contributed by atoms with Crippen molar-refractivity contribution in [2.75, 3.05) is 13.2 Å². The zero-order chi connectivity index (χ0) is 14.4. The Labute approximate surface area is 118 Å². The van der Waals surface area contributed by atoms with Gasteiger partial charge >= 0.3 is 0 Å². The third kappa shape index (κ3) is 3.36. The largest absolute Gasteiger partial charge is 0.396 e. The first-order valence-corrected chi connectivity index (χ1v) is 6.85. The second-order valence-electron chi connectivity index (χ2n) is 5.09. The predicted octanol–water partition coefficient (Wildman–Crippen LogP) is 1.46. The molecule has 5 heteroatoms.